The Kier molecular flexibility index (Phi) is 2.23. The number of hydrogen-bond donors (Lipinski definition) is 1. The maximum atomic E-state index is 10.5. The first-order valence-corrected chi connectivity index (χ1v) is 7.19. The van der Waals surface area contributed by atoms with Crippen LogP contribution in [0.2, 0.25) is 0 Å². The van der Waals surface area contributed by atoms with Crippen molar-refractivity contribution in [3.05, 3.63) is 22.8 Å². The van der Waals surface area contributed by atoms with Gasteiger partial charge in [0.05, 0.1) is 19.8 Å². The lowest BCUT2D eigenvalue weighted by molar-refractivity contribution is 0.146. The first-order valence-electron chi connectivity index (χ1n) is 7.19. The molecule has 2 atom stereocenters. The van der Waals surface area contributed by atoms with Gasteiger partial charge in [0.25, 0.3) is 0 Å². The van der Waals surface area contributed by atoms with Crippen molar-refractivity contribution >= 4 is 0 Å². The van der Waals surface area contributed by atoms with Crippen LogP contribution in [0.15, 0.2) is 6.07 Å². The summed E-state index contributed by atoms with van der Waals surface area (Å²) in [5, 5.41) is 10.5. The summed E-state index contributed by atoms with van der Waals surface area (Å²) in [7, 11) is 3.46. The van der Waals surface area contributed by atoms with Crippen molar-refractivity contribution in [1.29, 1.82) is 0 Å². The fraction of sp³-hybridized carbons (Fsp3) is 0.625. The summed E-state index contributed by atoms with van der Waals surface area (Å²) in [4.78, 5) is 0. The molecule has 0 aliphatic heterocycles. The van der Waals surface area contributed by atoms with E-state index in [0.717, 1.165) is 29.9 Å². The zero-order valence-electron chi connectivity index (χ0n) is 11.5. The monoisotopic (exact) mass is 260 g/mol. The first-order chi connectivity index (χ1) is 9.18. The lowest BCUT2D eigenvalue weighted by Crippen LogP contribution is -2.12. The summed E-state index contributed by atoms with van der Waals surface area (Å²) in [5.41, 5.74) is 2.95. The van der Waals surface area contributed by atoms with Crippen LogP contribution in [0, 0.1) is 0 Å². The molecule has 3 aliphatic rings. The van der Waals surface area contributed by atoms with E-state index in [0.29, 0.717) is 11.8 Å². The van der Waals surface area contributed by atoms with Crippen molar-refractivity contribution in [1.82, 2.24) is 0 Å². The molecule has 2 bridgehead atoms. The SMILES string of the molecule is COc1cc(C2(O)CC2)c(OC)c2c1C1CCC2C1. The molecule has 1 aromatic carbocycles. The van der Waals surface area contributed by atoms with Gasteiger partial charge in [-0.3, -0.25) is 0 Å². The summed E-state index contributed by atoms with van der Waals surface area (Å²) < 4.78 is 11.3. The Labute approximate surface area is 113 Å². The van der Waals surface area contributed by atoms with Crippen molar-refractivity contribution in [2.75, 3.05) is 14.2 Å². The van der Waals surface area contributed by atoms with Gasteiger partial charge in [0, 0.05) is 16.7 Å². The van der Waals surface area contributed by atoms with Gasteiger partial charge in [0.1, 0.15) is 11.5 Å². The van der Waals surface area contributed by atoms with Crippen LogP contribution in [0.5, 0.6) is 11.5 Å². The largest absolute Gasteiger partial charge is 0.496 e. The average molecular weight is 260 g/mol. The van der Waals surface area contributed by atoms with Gasteiger partial charge in [0.15, 0.2) is 0 Å². The predicted molar refractivity (Wildman–Crippen MR) is 72.0 cm³/mol. The molecule has 0 heterocycles. The molecule has 2 fully saturated rings. The van der Waals surface area contributed by atoms with Crippen LogP contribution in [0.3, 0.4) is 0 Å². The fourth-order valence-electron chi connectivity index (χ4n) is 4.13. The molecule has 0 radical (unpaired) electrons. The van der Waals surface area contributed by atoms with Gasteiger partial charge < -0.3 is 14.6 Å². The normalized spacial score (nSPS) is 29.2. The minimum Gasteiger partial charge on any atom is -0.496 e. The number of fused-ring (bicyclic) bond motifs is 5. The van der Waals surface area contributed by atoms with Crippen LogP contribution < -0.4 is 9.47 Å². The standard InChI is InChI=1S/C16H20O3/c1-18-12-8-11(16(17)5-6-16)15(19-2)14-10-4-3-9(7-10)13(12)14/h8-10,17H,3-7H2,1-2H3. The Morgan fingerprint density at radius 3 is 2.37 bits per heavy atom. The highest BCUT2D eigenvalue weighted by atomic mass is 16.5. The molecule has 4 rings (SSSR count). The smallest absolute Gasteiger partial charge is 0.128 e. The Balaban J connectivity index is 1.98. The number of benzene rings is 1. The van der Waals surface area contributed by atoms with Gasteiger partial charge in [-0.1, -0.05) is 0 Å². The minimum absolute atomic E-state index is 0.603. The van der Waals surface area contributed by atoms with Crippen LogP contribution in [-0.4, -0.2) is 19.3 Å². The number of aliphatic hydroxyl groups is 1. The fourth-order valence-corrected chi connectivity index (χ4v) is 4.13. The highest BCUT2D eigenvalue weighted by Crippen LogP contribution is 2.62. The topological polar surface area (TPSA) is 38.7 Å². The molecule has 1 N–H and O–H groups in total. The zero-order valence-corrected chi connectivity index (χ0v) is 11.5. The van der Waals surface area contributed by atoms with Crippen LogP contribution >= 0.6 is 0 Å². The molecule has 102 valence electrons. The Morgan fingerprint density at radius 2 is 1.79 bits per heavy atom. The second kappa shape index (κ2) is 3.66. The second-order valence-electron chi connectivity index (χ2n) is 6.23. The summed E-state index contributed by atoms with van der Waals surface area (Å²) >= 11 is 0. The molecule has 0 aromatic heterocycles. The van der Waals surface area contributed by atoms with E-state index in [1.165, 1.54) is 30.4 Å². The molecule has 2 unspecified atom stereocenters. The minimum atomic E-state index is -0.671. The van der Waals surface area contributed by atoms with E-state index in [2.05, 4.69) is 0 Å². The third kappa shape index (κ3) is 1.42. The van der Waals surface area contributed by atoms with E-state index < -0.39 is 5.60 Å². The van der Waals surface area contributed by atoms with Crippen molar-refractivity contribution in [2.45, 2.75) is 49.5 Å². The molecule has 0 amide bonds. The molecule has 2 saturated carbocycles. The maximum absolute atomic E-state index is 10.5. The van der Waals surface area contributed by atoms with E-state index in [1.54, 1.807) is 14.2 Å². The van der Waals surface area contributed by atoms with Crippen LogP contribution in [0.25, 0.3) is 0 Å². The Hall–Kier alpha value is -1.22. The van der Waals surface area contributed by atoms with E-state index >= 15 is 0 Å². The number of hydrogen-bond acceptors (Lipinski definition) is 3. The molecule has 19 heavy (non-hydrogen) atoms. The van der Waals surface area contributed by atoms with E-state index in [1.807, 2.05) is 6.07 Å². The van der Waals surface area contributed by atoms with Gasteiger partial charge in [0.2, 0.25) is 0 Å². The number of rotatable bonds is 3. The average Bonchev–Trinajstić information content (AvgIpc) is 2.90. The zero-order chi connectivity index (χ0) is 13.2. The molecule has 3 heteroatoms. The molecule has 0 saturated heterocycles. The predicted octanol–water partition coefficient (Wildman–Crippen LogP) is 3.05. The third-order valence-electron chi connectivity index (χ3n) is 5.22. The summed E-state index contributed by atoms with van der Waals surface area (Å²) in [5.74, 6) is 3.12. The van der Waals surface area contributed by atoms with E-state index in [4.69, 9.17) is 9.47 Å². The van der Waals surface area contributed by atoms with Gasteiger partial charge >= 0.3 is 0 Å². The molecular formula is C16H20O3. The Morgan fingerprint density at radius 1 is 1.11 bits per heavy atom. The lowest BCUT2D eigenvalue weighted by atomic mass is 9.87. The van der Waals surface area contributed by atoms with Gasteiger partial charge in [-0.05, 0) is 50.0 Å². The van der Waals surface area contributed by atoms with Crippen molar-refractivity contribution < 1.29 is 14.6 Å². The lowest BCUT2D eigenvalue weighted by Gasteiger charge is -2.25. The quantitative estimate of drug-likeness (QED) is 0.907. The maximum Gasteiger partial charge on any atom is 0.128 e. The van der Waals surface area contributed by atoms with Gasteiger partial charge in [-0.2, -0.15) is 0 Å². The molecule has 0 spiro atoms. The highest BCUT2D eigenvalue weighted by Gasteiger charge is 2.49. The van der Waals surface area contributed by atoms with Crippen LogP contribution in [0.4, 0.5) is 0 Å². The molecule has 3 nitrogen and oxygen atoms in total. The summed E-state index contributed by atoms with van der Waals surface area (Å²) in [6, 6.07) is 2.02. The summed E-state index contributed by atoms with van der Waals surface area (Å²) in [6.07, 6.45) is 5.41. The van der Waals surface area contributed by atoms with Gasteiger partial charge in [-0.15, -0.1) is 0 Å². The van der Waals surface area contributed by atoms with Crippen molar-refractivity contribution in [2.24, 2.45) is 0 Å². The van der Waals surface area contributed by atoms with Crippen LogP contribution in [-0.2, 0) is 5.60 Å². The van der Waals surface area contributed by atoms with Crippen molar-refractivity contribution in [3.8, 4) is 11.5 Å². The molecule has 1 aromatic rings. The summed E-state index contributed by atoms with van der Waals surface area (Å²) in [6.45, 7) is 0. The number of methoxy groups -OCH3 is 2. The second-order valence-corrected chi connectivity index (χ2v) is 6.23. The van der Waals surface area contributed by atoms with Crippen molar-refractivity contribution in [3.63, 3.8) is 0 Å². The van der Waals surface area contributed by atoms with Gasteiger partial charge in [-0.25, -0.2) is 0 Å². The van der Waals surface area contributed by atoms with Crippen LogP contribution in [0.1, 0.15) is 60.6 Å². The third-order valence-corrected chi connectivity index (χ3v) is 5.22. The molecule has 3 aliphatic carbocycles. The number of ether oxygens (including phenoxy) is 2. The highest BCUT2D eigenvalue weighted by molar-refractivity contribution is 5.62. The Bertz CT molecular complexity index is 545. The first kappa shape index (κ1) is 11.6. The molecular weight excluding hydrogens is 240 g/mol. The van der Waals surface area contributed by atoms with E-state index in [9.17, 15) is 5.11 Å². The van der Waals surface area contributed by atoms with E-state index in [-0.39, 0.29) is 0 Å².